The van der Waals surface area contributed by atoms with Crippen molar-refractivity contribution in [1.82, 2.24) is 14.5 Å². The fourth-order valence-electron chi connectivity index (χ4n) is 2.76. The van der Waals surface area contributed by atoms with Gasteiger partial charge in [0.15, 0.2) is 0 Å². The minimum Gasteiger partial charge on any atom is -0.319 e. The lowest BCUT2D eigenvalue weighted by Crippen LogP contribution is -2.13. The van der Waals surface area contributed by atoms with E-state index in [0.717, 1.165) is 36.1 Å². The minimum absolute atomic E-state index is 0.334. The summed E-state index contributed by atoms with van der Waals surface area (Å²) in [5.41, 5.74) is 2.10. The SMILES string of the molecule is CCCC(c1cccs1)n1c(CCCl)nc2cnccc21. The van der Waals surface area contributed by atoms with E-state index in [1.165, 1.54) is 4.88 Å². The number of rotatable bonds is 6. The molecule has 0 aliphatic heterocycles. The van der Waals surface area contributed by atoms with Crippen LogP contribution in [0.5, 0.6) is 0 Å². The van der Waals surface area contributed by atoms with Gasteiger partial charge < -0.3 is 4.57 Å². The molecule has 1 unspecified atom stereocenters. The van der Waals surface area contributed by atoms with E-state index in [4.69, 9.17) is 16.6 Å². The molecule has 0 bridgehead atoms. The molecule has 0 saturated heterocycles. The molecule has 0 aromatic carbocycles. The van der Waals surface area contributed by atoms with Crippen molar-refractivity contribution in [2.75, 3.05) is 5.88 Å². The van der Waals surface area contributed by atoms with E-state index in [1.54, 1.807) is 0 Å². The first-order chi connectivity index (χ1) is 10.3. The summed E-state index contributed by atoms with van der Waals surface area (Å²) >= 11 is 7.78. The van der Waals surface area contributed by atoms with Crippen LogP contribution in [0.25, 0.3) is 11.0 Å². The predicted octanol–water partition coefficient (Wildman–Crippen LogP) is 4.66. The second-order valence-corrected chi connectivity index (χ2v) is 6.38. The third kappa shape index (κ3) is 2.83. The van der Waals surface area contributed by atoms with Crippen LogP contribution in [0.4, 0.5) is 0 Å². The van der Waals surface area contributed by atoms with Crippen molar-refractivity contribution < 1.29 is 0 Å². The normalized spacial score (nSPS) is 12.9. The highest BCUT2D eigenvalue weighted by atomic mass is 35.5. The van der Waals surface area contributed by atoms with Crippen LogP contribution in [0.2, 0.25) is 0 Å². The molecule has 0 radical (unpaired) electrons. The lowest BCUT2D eigenvalue weighted by atomic mass is 10.1. The maximum atomic E-state index is 5.98. The molecule has 3 heterocycles. The number of aryl methyl sites for hydroxylation is 1. The van der Waals surface area contributed by atoms with E-state index in [0.29, 0.717) is 11.9 Å². The van der Waals surface area contributed by atoms with Gasteiger partial charge in [0.05, 0.1) is 17.8 Å². The fourth-order valence-corrected chi connectivity index (χ4v) is 3.78. The van der Waals surface area contributed by atoms with Crippen LogP contribution in [0, 0.1) is 0 Å². The number of hydrogen-bond acceptors (Lipinski definition) is 3. The monoisotopic (exact) mass is 319 g/mol. The zero-order valence-electron chi connectivity index (χ0n) is 12.0. The molecule has 110 valence electrons. The third-order valence-corrected chi connectivity index (χ3v) is 4.79. The van der Waals surface area contributed by atoms with Gasteiger partial charge in [-0.2, -0.15) is 0 Å². The summed E-state index contributed by atoms with van der Waals surface area (Å²) in [5.74, 6) is 1.64. The number of thiophene rings is 1. The fraction of sp³-hybridized carbons (Fsp3) is 0.375. The molecule has 3 aromatic rings. The lowest BCUT2D eigenvalue weighted by molar-refractivity contribution is 0.535. The summed E-state index contributed by atoms with van der Waals surface area (Å²) in [6.45, 7) is 2.22. The first kappa shape index (κ1) is 14.5. The maximum Gasteiger partial charge on any atom is 0.111 e. The van der Waals surface area contributed by atoms with Crippen LogP contribution in [-0.4, -0.2) is 20.4 Å². The van der Waals surface area contributed by atoms with Gasteiger partial charge in [-0.1, -0.05) is 19.4 Å². The second-order valence-electron chi connectivity index (χ2n) is 5.02. The highest BCUT2D eigenvalue weighted by Gasteiger charge is 2.20. The smallest absolute Gasteiger partial charge is 0.111 e. The summed E-state index contributed by atoms with van der Waals surface area (Å²) in [6.07, 6.45) is 6.68. The van der Waals surface area contributed by atoms with Gasteiger partial charge in [0.1, 0.15) is 11.3 Å². The molecule has 0 fully saturated rings. The number of alkyl halides is 1. The molecular formula is C16H18ClN3S. The van der Waals surface area contributed by atoms with Gasteiger partial charge in [0.25, 0.3) is 0 Å². The molecule has 1 atom stereocenters. The summed E-state index contributed by atoms with van der Waals surface area (Å²) in [6, 6.07) is 6.71. The highest BCUT2D eigenvalue weighted by Crippen LogP contribution is 2.32. The van der Waals surface area contributed by atoms with Crippen molar-refractivity contribution in [1.29, 1.82) is 0 Å². The zero-order chi connectivity index (χ0) is 14.7. The number of hydrogen-bond donors (Lipinski definition) is 0. The topological polar surface area (TPSA) is 30.7 Å². The Morgan fingerprint density at radius 1 is 1.38 bits per heavy atom. The average molecular weight is 320 g/mol. The standard InChI is InChI=1S/C16H18ClN3S/c1-2-4-14(15-5-3-10-21-15)20-13-7-9-18-11-12(13)19-16(20)6-8-17/h3,5,7,9-11,14H,2,4,6,8H2,1H3. The molecule has 5 heteroatoms. The van der Waals surface area contributed by atoms with Gasteiger partial charge in [0.2, 0.25) is 0 Å². The van der Waals surface area contributed by atoms with E-state index >= 15 is 0 Å². The Balaban J connectivity index is 2.17. The molecule has 21 heavy (non-hydrogen) atoms. The molecule has 0 aliphatic carbocycles. The molecular weight excluding hydrogens is 302 g/mol. The Morgan fingerprint density at radius 2 is 2.29 bits per heavy atom. The Hall–Kier alpha value is -1.39. The van der Waals surface area contributed by atoms with Crippen molar-refractivity contribution >= 4 is 34.0 Å². The number of aromatic nitrogens is 3. The molecule has 3 rings (SSSR count). The van der Waals surface area contributed by atoms with Crippen LogP contribution < -0.4 is 0 Å². The minimum atomic E-state index is 0.334. The van der Waals surface area contributed by atoms with Crippen LogP contribution in [0.15, 0.2) is 36.0 Å². The summed E-state index contributed by atoms with van der Waals surface area (Å²) < 4.78 is 2.36. The highest BCUT2D eigenvalue weighted by molar-refractivity contribution is 7.10. The number of nitrogens with zero attached hydrogens (tertiary/aromatic N) is 3. The van der Waals surface area contributed by atoms with E-state index in [9.17, 15) is 0 Å². The van der Waals surface area contributed by atoms with Gasteiger partial charge in [-0.3, -0.25) is 4.98 Å². The van der Waals surface area contributed by atoms with Gasteiger partial charge >= 0.3 is 0 Å². The van der Waals surface area contributed by atoms with Crippen molar-refractivity contribution in [2.24, 2.45) is 0 Å². The summed E-state index contributed by atoms with van der Waals surface area (Å²) in [7, 11) is 0. The molecule has 0 spiro atoms. The van der Waals surface area contributed by atoms with E-state index in [2.05, 4.69) is 40.1 Å². The van der Waals surface area contributed by atoms with Crippen molar-refractivity contribution in [2.45, 2.75) is 32.2 Å². The average Bonchev–Trinajstić information content (AvgIpc) is 3.13. The van der Waals surface area contributed by atoms with E-state index in [-0.39, 0.29) is 0 Å². The van der Waals surface area contributed by atoms with Gasteiger partial charge in [-0.25, -0.2) is 4.98 Å². The number of halogens is 1. The summed E-state index contributed by atoms with van der Waals surface area (Å²) in [5, 5.41) is 2.14. The predicted molar refractivity (Wildman–Crippen MR) is 89.3 cm³/mol. The van der Waals surface area contributed by atoms with Crippen molar-refractivity contribution in [3.63, 3.8) is 0 Å². The molecule has 0 saturated carbocycles. The van der Waals surface area contributed by atoms with Crippen LogP contribution >= 0.6 is 22.9 Å². The Morgan fingerprint density at radius 3 is 3.00 bits per heavy atom. The molecule has 0 amide bonds. The number of imidazole rings is 1. The Bertz CT molecular complexity index is 705. The lowest BCUT2D eigenvalue weighted by Gasteiger charge is -2.20. The Labute approximate surface area is 133 Å². The third-order valence-electron chi connectivity index (χ3n) is 3.63. The van der Waals surface area contributed by atoms with Gasteiger partial charge in [0, 0.05) is 23.4 Å². The largest absolute Gasteiger partial charge is 0.319 e. The quantitative estimate of drug-likeness (QED) is 0.618. The first-order valence-corrected chi connectivity index (χ1v) is 8.66. The van der Waals surface area contributed by atoms with E-state index < -0.39 is 0 Å². The zero-order valence-corrected chi connectivity index (χ0v) is 13.6. The maximum absolute atomic E-state index is 5.98. The second kappa shape index (κ2) is 6.58. The first-order valence-electron chi connectivity index (χ1n) is 7.25. The van der Waals surface area contributed by atoms with E-state index in [1.807, 2.05) is 23.7 Å². The Kier molecular flexibility index (Phi) is 4.56. The molecule has 0 N–H and O–H groups in total. The van der Waals surface area contributed by atoms with Crippen molar-refractivity contribution in [3.05, 3.63) is 46.7 Å². The van der Waals surface area contributed by atoms with Crippen LogP contribution in [0.3, 0.4) is 0 Å². The molecule has 3 nitrogen and oxygen atoms in total. The van der Waals surface area contributed by atoms with Gasteiger partial charge in [-0.15, -0.1) is 22.9 Å². The van der Waals surface area contributed by atoms with Gasteiger partial charge in [-0.05, 0) is 23.9 Å². The number of fused-ring (bicyclic) bond motifs is 1. The molecule has 3 aromatic heterocycles. The summed E-state index contributed by atoms with van der Waals surface area (Å²) in [4.78, 5) is 10.3. The van der Waals surface area contributed by atoms with Crippen LogP contribution in [-0.2, 0) is 6.42 Å². The number of pyridine rings is 1. The molecule has 0 aliphatic rings. The van der Waals surface area contributed by atoms with Crippen molar-refractivity contribution in [3.8, 4) is 0 Å². The van der Waals surface area contributed by atoms with Crippen LogP contribution in [0.1, 0.15) is 36.5 Å².